The van der Waals surface area contributed by atoms with Crippen LogP contribution in [0.2, 0.25) is 0 Å². The van der Waals surface area contributed by atoms with E-state index in [2.05, 4.69) is 33.6 Å². The smallest absolute Gasteiger partial charge is 0.314 e. The molecule has 2 saturated carbocycles. The van der Waals surface area contributed by atoms with E-state index in [4.69, 9.17) is 4.74 Å². The highest BCUT2D eigenvalue weighted by molar-refractivity contribution is 5.75. The molecule has 0 aliphatic heterocycles. The lowest BCUT2D eigenvalue weighted by molar-refractivity contribution is -0.146. The van der Waals surface area contributed by atoms with Gasteiger partial charge in [0.05, 0.1) is 5.92 Å². The molecule has 2 bridgehead atoms. The maximum Gasteiger partial charge on any atom is 0.314 e. The van der Waals surface area contributed by atoms with Gasteiger partial charge in [-0.25, -0.2) is 0 Å². The van der Waals surface area contributed by atoms with E-state index in [0.717, 1.165) is 42.6 Å². The van der Waals surface area contributed by atoms with Gasteiger partial charge in [0, 0.05) is 0 Å². The van der Waals surface area contributed by atoms with Crippen LogP contribution < -0.4 is 0 Å². The average molecular weight is 326 g/mol. The number of ether oxygens (including phenoxy) is 1. The fourth-order valence-corrected chi connectivity index (χ4v) is 4.87. The van der Waals surface area contributed by atoms with Crippen LogP contribution in [-0.4, -0.2) is 5.97 Å². The quantitative estimate of drug-likeness (QED) is 0.486. The summed E-state index contributed by atoms with van der Waals surface area (Å²) in [6.07, 6.45) is 5.23. The Hall–Kier alpha value is -1.57. The number of fused-ring (bicyclic) bond motifs is 2. The summed E-state index contributed by atoms with van der Waals surface area (Å²) in [6, 6.07) is 0. The summed E-state index contributed by atoms with van der Waals surface area (Å²) in [5, 5.41) is 0. The fraction of sp³-hybridized carbons (Fsp3) is 0.591. The van der Waals surface area contributed by atoms with Crippen LogP contribution in [-0.2, 0) is 9.53 Å². The lowest BCUT2D eigenvalue weighted by atomic mass is 9.78. The molecule has 0 aromatic heterocycles. The summed E-state index contributed by atoms with van der Waals surface area (Å²) >= 11 is 0. The van der Waals surface area contributed by atoms with Gasteiger partial charge in [-0.15, -0.1) is 0 Å². The van der Waals surface area contributed by atoms with E-state index in [1.165, 1.54) is 17.6 Å². The minimum absolute atomic E-state index is 0.0238. The Morgan fingerprint density at radius 1 is 1.21 bits per heavy atom. The molecular weight excluding hydrogens is 296 g/mol. The molecule has 0 aromatic carbocycles. The minimum atomic E-state index is -0.0238. The second kappa shape index (κ2) is 6.38. The first-order chi connectivity index (χ1) is 11.3. The number of esters is 1. The zero-order valence-electron chi connectivity index (χ0n) is 15.4. The molecule has 3 rings (SSSR count). The van der Waals surface area contributed by atoms with Gasteiger partial charge in [0.1, 0.15) is 5.76 Å². The van der Waals surface area contributed by atoms with Crippen molar-refractivity contribution < 1.29 is 9.53 Å². The van der Waals surface area contributed by atoms with Crippen LogP contribution in [0.3, 0.4) is 0 Å². The van der Waals surface area contributed by atoms with Crippen molar-refractivity contribution in [3.8, 4) is 0 Å². The predicted molar refractivity (Wildman–Crippen MR) is 98.1 cm³/mol. The van der Waals surface area contributed by atoms with Crippen LogP contribution in [0.25, 0.3) is 0 Å². The molecule has 0 radical (unpaired) electrons. The van der Waals surface area contributed by atoms with Crippen LogP contribution in [0.1, 0.15) is 52.9 Å². The van der Waals surface area contributed by atoms with Crippen LogP contribution in [0, 0.1) is 29.6 Å². The van der Waals surface area contributed by atoms with Crippen LogP contribution in [0.15, 0.2) is 47.8 Å². The Kier molecular flexibility index (Phi) is 4.59. The molecule has 2 fully saturated rings. The maximum absolute atomic E-state index is 12.7. The second-order valence-electron chi connectivity index (χ2n) is 8.32. The van der Waals surface area contributed by atoms with Gasteiger partial charge in [-0.05, 0) is 80.8 Å². The Morgan fingerprint density at radius 3 is 2.42 bits per heavy atom. The minimum Gasteiger partial charge on any atom is -0.426 e. The average Bonchev–Trinajstić information content (AvgIpc) is 3.16. The van der Waals surface area contributed by atoms with Crippen molar-refractivity contribution in [2.45, 2.75) is 52.9 Å². The van der Waals surface area contributed by atoms with Gasteiger partial charge >= 0.3 is 5.97 Å². The summed E-state index contributed by atoms with van der Waals surface area (Å²) in [6.45, 7) is 18.5. The summed E-state index contributed by atoms with van der Waals surface area (Å²) in [7, 11) is 0. The zero-order valence-corrected chi connectivity index (χ0v) is 15.4. The molecule has 5 atom stereocenters. The highest BCUT2D eigenvalue weighted by Gasteiger charge is 2.49. The second-order valence-corrected chi connectivity index (χ2v) is 8.32. The van der Waals surface area contributed by atoms with Crippen LogP contribution in [0.5, 0.6) is 0 Å². The normalized spacial score (nSPS) is 34.8. The maximum atomic E-state index is 12.7. The molecule has 2 nitrogen and oxygen atoms in total. The van der Waals surface area contributed by atoms with Crippen LogP contribution >= 0.6 is 0 Å². The third kappa shape index (κ3) is 3.03. The third-order valence-corrected chi connectivity index (χ3v) is 6.59. The first-order valence-corrected chi connectivity index (χ1v) is 9.22. The molecule has 0 spiro atoms. The molecule has 5 unspecified atom stereocenters. The Balaban J connectivity index is 1.60. The largest absolute Gasteiger partial charge is 0.426 e. The first kappa shape index (κ1) is 17.3. The van der Waals surface area contributed by atoms with Crippen molar-refractivity contribution in [3.63, 3.8) is 0 Å². The molecular formula is C22H30O2. The summed E-state index contributed by atoms with van der Waals surface area (Å²) < 4.78 is 5.81. The summed E-state index contributed by atoms with van der Waals surface area (Å²) in [5.41, 5.74) is 4.41. The van der Waals surface area contributed by atoms with E-state index in [1.807, 2.05) is 6.92 Å². The molecule has 0 saturated heterocycles. The van der Waals surface area contributed by atoms with E-state index >= 15 is 0 Å². The third-order valence-electron chi connectivity index (χ3n) is 6.59. The van der Waals surface area contributed by atoms with E-state index in [1.54, 1.807) is 0 Å². The van der Waals surface area contributed by atoms with Gasteiger partial charge in [-0.2, -0.15) is 0 Å². The van der Waals surface area contributed by atoms with Gasteiger partial charge in [0.2, 0.25) is 0 Å². The molecule has 130 valence electrons. The Bertz CT molecular complexity index is 636. The first-order valence-electron chi connectivity index (χ1n) is 9.22. The van der Waals surface area contributed by atoms with Gasteiger partial charge in [0.15, 0.2) is 0 Å². The van der Waals surface area contributed by atoms with E-state index in [0.29, 0.717) is 23.7 Å². The molecule has 2 heteroatoms. The van der Waals surface area contributed by atoms with Crippen molar-refractivity contribution in [1.29, 1.82) is 0 Å². The van der Waals surface area contributed by atoms with Crippen molar-refractivity contribution in [2.75, 3.05) is 0 Å². The molecule has 3 aliphatic rings. The predicted octanol–water partition coefficient (Wildman–Crippen LogP) is 5.58. The Morgan fingerprint density at radius 2 is 1.92 bits per heavy atom. The SMILES string of the molecule is C=C(C)C(=C)CC1CC2CC1CC2C(=O)OC1=C(C)C(C)CC1=C. The van der Waals surface area contributed by atoms with Crippen LogP contribution in [0.4, 0.5) is 0 Å². The van der Waals surface area contributed by atoms with Gasteiger partial charge < -0.3 is 4.74 Å². The number of hydrogen-bond acceptors (Lipinski definition) is 2. The standard InChI is InChI=1S/C22H30O2/c1-12(2)13(3)8-17-9-19-10-18(17)11-20(19)22(23)24-21-15(5)7-14(4)16(21)6/h14,17-20H,1,3,5,7-11H2,2,4,6H3. The number of allylic oxidation sites excluding steroid dienone is 4. The molecule has 3 aliphatic carbocycles. The molecule has 0 aromatic rings. The Labute approximate surface area is 146 Å². The van der Waals surface area contributed by atoms with Crippen molar-refractivity contribution in [1.82, 2.24) is 0 Å². The molecule has 0 N–H and O–H groups in total. The van der Waals surface area contributed by atoms with Gasteiger partial charge in [0.25, 0.3) is 0 Å². The monoisotopic (exact) mass is 326 g/mol. The molecule has 24 heavy (non-hydrogen) atoms. The molecule has 0 heterocycles. The zero-order chi connectivity index (χ0) is 17.6. The highest BCUT2D eigenvalue weighted by Crippen LogP contribution is 2.54. The van der Waals surface area contributed by atoms with Crippen molar-refractivity contribution in [3.05, 3.63) is 47.8 Å². The summed E-state index contributed by atoms with van der Waals surface area (Å²) in [4.78, 5) is 12.7. The number of hydrogen-bond donors (Lipinski definition) is 0. The van der Waals surface area contributed by atoms with E-state index in [9.17, 15) is 4.79 Å². The van der Waals surface area contributed by atoms with E-state index in [-0.39, 0.29) is 11.9 Å². The topological polar surface area (TPSA) is 26.3 Å². The number of carbonyl (C=O) groups excluding carboxylic acids is 1. The lowest BCUT2D eigenvalue weighted by Gasteiger charge is -2.27. The summed E-state index contributed by atoms with van der Waals surface area (Å²) in [5.74, 6) is 3.06. The van der Waals surface area contributed by atoms with Gasteiger partial charge in [-0.1, -0.05) is 37.8 Å². The number of carbonyl (C=O) groups is 1. The van der Waals surface area contributed by atoms with E-state index < -0.39 is 0 Å². The fourth-order valence-electron chi connectivity index (χ4n) is 4.87. The number of rotatable bonds is 5. The lowest BCUT2D eigenvalue weighted by Crippen LogP contribution is -2.26. The highest BCUT2D eigenvalue weighted by atomic mass is 16.5. The van der Waals surface area contributed by atoms with Crippen molar-refractivity contribution in [2.24, 2.45) is 29.6 Å². The van der Waals surface area contributed by atoms with Crippen molar-refractivity contribution >= 4 is 5.97 Å². The van der Waals surface area contributed by atoms with Gasteiger partial charge in [-0.3, -0.25) is 4.79 Å². The molecule has 0 amide bonds.